The Kier molecular flexibility index (Phi) is 4.69. The van der Waals surface area contributed by atoms with Crippen LogP contribution in [0.4, 0.5) is 0 Å². The Morgan fingerprint density at radius 3 is 2.67 bits per heavy atom. The molecule has 7 unspecified atom stereocenters. The van der Waals surface area contributed by atoms with Crippen LogP contribution in [0, 0.1) is 34.5 Å². The van der Waals surface area contributed by atoms with Crippen LogP contribution in [0.15, 0.2) is 34.9 Å². The number of cyclic esters (lactones) is 1. The van der Waals surface area contributed by atoms with E-state index in [9.17, 15) is 9.59 Å². The van der Waals surface area contributed by atoms with Gasteiger partial charge in [-0.05, 0) is 101 Å². The lowest BCUT2D eigenvalue weighted by Crippen LogP contribution is -2.52. The molecule has 0 N–H and O–H groups in total. The van der Waals surface area contributed by atoms with Crippen LogP contribution in [0.2, 0.25) is 0 Å². The van der Waals surface area contributed by atoms with Gasteiger partial charge >= 0.3 is 5.97 Å². The number of hydrogen-bond donors (Lipinski definition) is 0. The zero-order chi connectivity index (χ0) is 21.3. The quantitative estimate of drug-likeness (QED) is 0.419. The lowest BCUT2D eigenvalue weighted by atomic mass is 9.47. The Labute approximate surface area is 181 Å². The summed E-state index contributed by atoms with van der Waals surface area (Å²) in [7, 11) is 0. The first-order valence-electron chi connectivity index (χ1n) is 12.0. The van der Waals surface area contributed by atoms with E-state index in [-0.39, 0.29) is 17.5 Å². The molecule has 5 aliphatic rings. The number of allylic oxidation sites excluding steroid dienone is 4. The molecule has 1 aliphatic heterocycles. The minimum atomic E-state index is -0.268. The van der Waals surface area contributed by atoms with Crippen molar-refractivity contribution < 1.29 is 14.3 Å². The zero-order valence-electron chi connectivity index (χ0n) is 19.0. The van der Waals surface area contributed by atoms with Gasteiger partial charge in [-0.3, -0.25) is 4.79 Å². The summed E-state index contributed by atoms with van der Waals surface area (Å²) in [6.45, 7) is 8.70. The lowest BCUT2D eigenvalue weighted by Gasteiger charge is -2.56. The van der Waals surface area contributed by atoms with E-state index in [1.165, 1.54) is 30.4 Å². The molecule has 0 aromatic heterocycles. The molecule has 3 nitrogen and oxygen atoms in total. The van der Waals surface area contributed by atoms with E-state index >= 15 is 0 Å². The molecule has 4 aliphatic carbocycles. The van der Waals surface area contributed by atoms with Crippen molar-refractivity contribution >= 4 is 11.8 Å². The number of carbonyl (C=O) groups is 2. The van der Waals surface area contributed by atoms with Crippen LogP contribution < -0.4 is 0 Å². The van der Waals surface area contributed by atoms with Crippen molar-refractivity contribution in [1.29, 1.82) is 0 Å². The number of ketones is 1. The van der Waals surface area contributed by atoms with E-state index in [1.807, 2.05) is 13.0 Å². The van der Waals surface area contributed by atoms with Gasteiger partial charge in [0.2, 0.25) is 0 Å². The highest BCUT2D eigenvalue weighted by molar-refractivity contribution is 5.98. The van der Waals surface area contributed by atoms with Crippen LogP contribution in [-0.2, 0) is 14.3 Å². The maximum absolute atomic E-state index is 13.0. The van der Waals surface area contributed by atoms with E-state index in [0.717, 1.165) is 37.7 Å². The molecule has 0 aromatic carbocycles. The Balaban J connectivity index is 1.37. The van der Waals surface area contributed by atoms with Crippen LogP contribution in [0.5, 0.6) is 0 Å². The van der Waals surface area contributed by atoms with Crippen molar-refractivity contribution in [2.45, 2.75) is 85.2 Å². The summed E-state index contributed by atoms with van der Waals surface area (Å²) in [5.74, 6) is 2.64. The van der Waals surface area contributed by atoms with Gasteiger partial charge in [0, 0.05) is 12.0 Å². The summed E-state index contributed by atoms with van der Waals surface area (Å²) < 4.78 is 5.80. The molecule has 7 atom stereocenters. The largest absolute Gasteiger partial charge is 0.459 e. The van der Waals surface area contributed by atoms with Gasteiger partial charge in [-0.15, -0.1) is 0 Å². The number of rotatable bonds is 2. The number of ether oxygens (including phenoxy) is 1. The molecular weight excluding hydrogens is 372 g/mol. The summed E-state index contributed by atoms with van der Waals surface area (Å²) >= 11 is 0. The zero-order valence-corrected chi connectivity index (χ0v) is 19.0. The number of carbonyl (C=O) groups excluding carboxylic acids is 2. The summed E-state index contributed by atoms with van der Waals surface area (Å²) in [6.07, 6.45) is 15.2. The molecule has 0 radical (unpaired) electrons. The predicted octanol–water partition coefficient (Wildman–Crippen LogP) is 5.95. The van der Waals surface area contributed by atoms with Crippen molar-refractivity contribution in [3.05, 3.63) is 34.9 Å². The van der Waals surface area contributed by atoms with Gasteiger partial charge in [0.1, 0.15) is 6.10 Å². The molecule has 2 fully saturated rings. The fourth-order valence-electron chi connectivity index (χ4n) is 8.06. The van der Waals surface area contributed by atoms with Gasteiger partial charge in [0.25, 0.3) is 0 Å². The third-order valence-electron chi connectivity index (χ3n) is 10.1. The summed E-state index contributed by atoms with van der Waals surface area (Å²) in [5, 5.41) is 0. The Morgan fingerprint density at radius 2 is 1.90 bits per heavy atom. The molecule has 0 aromatic rings. The molecule has 1 heterocycles. The first-order valence-corrected chi connectivity index (χ1v) is 12.0. The lowest BCUT2D eigenvalue weighted by molar-refractivity contribution is -0.147. The van der Waals surface area contributed by atoms with E-state index < -0.39 is 0 Å². The van der Waals surface area contributed by atoms with E-state index in [0.29, 0.717) is 34.9 Å². The second-order valence-electron chi connectivity index (χ2n) is 11.2. The third kappa shape index (κ3) is 2.76. The highest BCUT2D eigenvalue weighted by Crippen LogP contribution is 2.66. The second kappa shape index (κ2) is 6.93. The molecule has 0 saturated heterocycles. The first kappa shape index (κ1) is 20.3. The van der Waals surface area contributed by atoms with Crippen molar-refractivity contribution in [3.63, 3.8) is 0 Å². The molecule has 5 rings (SSSR count). The molecule has 162 valence electrons. The minimum absolute atomic E-state index is 0.0416. The number of fused-ring (bicyclic) bond motifs is 5. The second-order valence-corrected chi connectivity index (χ2v) is 11.2. The maximum Gasteiger partial charge on any atom is 0.333 e. The molecule has 2 saturated carbocycles. The average Bonchev–Trinajstić information content (AvgIpc) is 3.03. The first-order chi connectivity index (χ1) is 14.2. The van der Waals surface area contributed by atoms with Crippen LogP contribution in [0.3, 0.4) is 0 Å². The van der Waals surface area contributed by atoms with E-state index in [1.54, 1.807) is 0 Å². The molecule has 3 heteroatoms. The van der Waals surface area contributed by atoms with Crippen LogP contribution in [-0.4, -0.2) is 17.9 Å². The van der Waals surface area contributed by atoms with Gasteiger partial charge in [0.15, 0.2) is 5.78 Å². The number of hydrogen-bond acceptors (Lipinski definition) is 3. The predicted molar refractivity (Wildman–Crippen MR) is 118 cm³/mol. The fourth-order valence-corrected chi connectivity index (χ4v) is 8.06. The minimum Gasteiger partial charge on any atom is -0.459 e. The van der Waals surface area contributed by atoms with Crippen molar-refractivity contribution in [2.75, 3.05) is 0 Å². The monoisotopic (exact) mass is 408 g/mol. The Morgan fingerprint density at radius 1 is 1.10 bits per heavy atom. The molecular formula is C27H36O3. The van der Waals surface area contributed by atoms with Crippen molar-refractivity contribution in [1.82, 2.24) is 0 Å². The van der Waals surface area contributed by atoms with Crippen molar-refractivity contribution in [2.24, 2.45) is 34.5 Å². The van der Waals surface area contributed by atoms with Crippen LogP contribution >= 0.6 is 0 Å². The molecule has 0 spiro atoms. The summed E-state index contributed by atoms with van der Waals surface area (Å²) in [5.41, 5.74) is 3.41. The molecule has 0 bridgehead atoms. The van der Waals surface area contributed by atoms with Gasteiger partial charge in [-0.25, -0.2) is 4.79 Å². The highest BCUT2D eigenvalue weighted by Gasteiger charge is 2.59. The van der Waals surface area contributed by atoms with Crippen LogP contribution in [0.1, 0.15) is 79.1 Å². The Hall–Kier alpha value is -1.64. The third-order valence-corrected chi connectivity index (χ3v) is 10.1. The van der Waals surface area contributed by atoms with E-state index in [4.69, 9.17) is 4.74 Å². The highest BCUT2D eigenvalue weighted by atomic mass is 16.5. The summed E-state index contributed by atoms with van der Waals surface area (Å²) in [6, 6.07) is 0. The standard InChI is InChI=1S/C27H36O3/c1-16-14-20(30-25(29)17(16)2)15-19-9-11-22-21-10-8-18-6-5-7-24(28)27(18,4)23(21)12-13-26(19,22)3/h5,7-8,19-23H,6,9-15H2,1-4H3. The molecule has 0 amide bonds. The fraction of sp³-hybridized carbons (Fsp3) is 0.704. The average molecular weight is 409 g/mol. The smallest absolute Gasteiger partial charge is 0.333 e. The van der Waals surface area contributed by atoms with Crippen molar-refractivity contribution in [3.8, 4) is 0 Å². The van der Waals surface area contributed by atoms with Gasteiger partial charge in [-0.2, -0.15) is 0 Å². The van der Waals surface area contributed by atoms with Gasteiger partial charge in [0.05, 0.1) is 5.41 Å². The summed E-state index contributed by atoms with van der Waals surface area (Å²) in [4.78, 5) is 25.2. The topological polar surface area (TPSA) is 43.4 Å². The maximum atomic E-state index is 13.0. The van der Waals surface area contributed by atoms with Crippen LogP contribution in [0.25, 0.3) is 0 Å². The Bertz CT molecular complexity index is 877. The van der Waals surface area contributed by atoms with Gasteiger partial charge < -0.3 is 4.74 Å². The van der Waals surface area contributed by atoms with E-state index in [2.05, 4.69) is 32.9 Å². The number of esters is 1. The van der Waals surface area contributed by atoms with Gasteiger partial charge in [-0.1, -0.05) is 30.2 Å². The SMILES string of the molecule is CC1=C(C)C(=O)OC(CC2CCC3C4CC=C5CC=CC(=O)C5(C)C4CCC23C)C1. The normalized spacial score (nSPS) is 45.5. The molecule has 30 heavy (non-hydrogen) atoms.